The van der Waals surface area contributed by atoms with Gasteiger partial charge in [-0.05, 0) is 30.4 Å². The number of amides is 1. The smallest absolute Gasteiger partial charge is 0.233 e. The Balaban J connectivity index is 1.92. The predicted molar refractivity (Wildman–Crippen MR) is 75.7 cm³/mol. The number of carbonyl (C=O) groups is 1. The van der Waals surface area contributed by atoms with Gasteiger partial charge in [-0.25, -0.2) is 0 Å². The fourth-order valence-electron chi connectivity index (χ4n) is 2.17. The highest BCUT2D eigenvalue weighted by atomic mass is 32.2. The van der Waals surface area contributed by atoms with Gasteiger partial charge in [-0.3, -0.25) is 4.79 Å². The summed E-state index contributed by atoms with van der Waals surface area (Å²) < 4.78 is 5.41. The van der Waals surface area contributed by atoms with Crippen LogP contribution in [-0.4, -0.2) is 34.8 Å². The lowest BCUT2D eigenvalue weighted by Crippen LogP contribution is -2.30. The van der Waals surface area contributed by atoms with Crippen molar-refractivity contribution < 1.29 is 14.3 Å². The Labute approximate surface area is 118 Å². The van der Waals surface area contributed by atoms with E-state index >= 15 is 0 Å². The highest BCUT2D eigenvalue weighted by Crippen LogP contribution is 2.39. The molecule has 2 rings (SSSR count). The third-order valence-corrected chi connectivity index (χ3v) is 4.65. The molecule has 0 aromatic carbocycles. The zero-order valence-corrected chi connectivity index (χ0v) is 12.3. The SMILES string of the molecule is CC(C)(CO)CCCN1C(=O)CSC1c1ccco1. The van der Waals surface area contributed by atoms with Crippen molar-refractivity contribution in [2.24, 2.45) is 5.41 Å². The molecular weight excluding hydrogens is 262 g/mol. The summed E-state index contributed by atoms with van der Waals surface area (Å²) in [5, 5.41) is 9.25. The van der Waals surface area contributed by atoms with Crippen LogP contribution in [0.5, 0.6) is 0 Å². The average molecular weight is 283 g/mol. The summed E-state index contributed by atoms with van der Waals surface area (Å²) >= 11 is 1.61. The van der Waals surface area contributed by atoms with E-state index in [2.05, 4.69) is 0 Å². The second-order valence-electron chi connectivity index (χ2n) is 5.69. The molecule has 4 nitrogen and oxygen atoms in total. The van der Waals surface area contributed by atoms with Crippen molar-refractivity contribution in [1.29, 1.82) is 0 Å². The van der Waals surface area contributed by atoms with Crippen molar-refractivity contribution >= 4 is 17.7 Å². The number of aliphatic hydroxyl groups excluding tert-OH is 1. The van der Waals surface area contributed by atoms with Crippen LogP contribution in [0.15, 0.2) is 22.8 Å². The number of nitrogens with zero attached hydrogens (tertiary/aromatic N) is 1. The summed E-state index contributed by atoms with van der Waals surface area (Å²) in [4.78, 5) is 13.8. The van der Waals surface area contributed by atoms with Gasteiger partial charge < -0.3 is 14.4 Å². The van der Waals surface area contributed by atoms with E-state index in [1.165, 1.54) is 0 Å². The van der Waals surface area contributed by atoms with E-state index in [0.717, 1.165) is 25.1 Å². The summed E-state index contributed by atoms with van der Waals surface area (Å²) in [6.07, 6.45) is 3.45. The lowest BCUT2D eigenvalue weighted by atomic mass is 9.89. The molecule has 0 saturated carbocycles. The molecule has 1 aliphatic rings. The average Bonchev–Trinajstić information content (AvgIpc) is 3.00. The minimum absolute atomic E-state index is 0.0136. The van der Waals surface area contributed by atoms with Gasteiger partial charge in [0.25, 0.3) is 0 Å². The molecule has 19 heavy (non-hydrogen) atoms. The predicted octanol–water partition coefficient (Wildman–Crippen LogP) is 2.65. The topological polar surface area (TPSA) is 53.7 Å². The van der Waals surface area contributed by atoms with Gasteiger partial charge in [0, 0.05) is 13.2 Å². The third kappa shape index (κ3) is 3.54. The quantitative estimate of drug-likeness (QED) is 0.872. The first-order valence-corrected chi connectivity index (χ1v) is 7.64. The standard InChI is InChI=1S/C14H21NO3S/c1-14(2,10-16)6-4-7-15-12(17)9-19-13(15)11-5-3-8-18-11/h3,5,8,13,16H,4,6-7,9-10H2,1-2H3. The van der Waals surface area contributed by atoms with E-state index in [1.54, 1.807) is 18.0 Å². The lowest BCUT2D eigenvalue weighted by Gasteiger charge is -2.26. The minimum Gasteiger partial charge on any atom is -0.466 e. The van der Waals surface area contributed by atoms with Crippen molar-refractivity contribution in [2.75, 3.05) is 18.9 Å². The Kier molecular flexibility index (Phi) is 4.58. The number of aliphatic hydroxyl groups is 1. The molecule has 2 heterocycles. The molecule has 1 aliphatic heterocycles. The van der Waals surface area contributed by atoms with Crippen molar-refractivity contribution in [3.05, 3.63) is 24.2 Å². The van der Waals surface area contributed by atoms with E-state index in [4.69, 9.17) is 4.42 Å². The van der Waals surface area contributed by atoms with Crippen LogP contribution in [0.2, 0.25) is 0 Å². The van der Waals surface area contributed by atoms with Gasteiger partial charge >= 0.3 is 0 Å². The molecule has 5 heteroatoms. The second-order valence-corrected chi connectivity index (χ2v) is 6.76. The lowest BCUT2D eigenvalue weighted by molar-refractivity contribution is -0.128. The van der Waals surface area contributed by atoms with Gasteiger partial charge in [-0.15, -0.1) is 11.8 Å². The molecule has 0 radical (unpaired) electrons. The van der Waals surface area contributed by atoms with E-state index in [0.29, 0.717) is 5.75 Å². The fourth-order valence-corrected chi connectivity index (χ4v) is 3.34. The van der Waals surface area contributed by atoms with Crippen molar-refractivity contribution in [2.45, 2.75) is 32.1 Å². The van der Waals surface area contributed by atoms with Gasteiger partial charge in [0.1, 0.15) is 11.1 Å². The van der Waals surface area contributed by atoms with E-state index in [1.807, 2.05) is 30.9 Å². The largest absolute Gasteiger partial charge is 0.466 e. The summed E-state index contributed by atoms with van der Waals surface area (Å²) in [7, 11) is 0. The van der Waals surface area contributed by atoms with Crippen LogP contribution in [0.25, 0.3) is 0 Å². The number of furan rings is 1. The van der Waals surface area contributed by atoms with Crippen LogP contribution in [0.1, 0.15) is 37.8 Å². The van der Waals surface area contributed by atoms with Gasteiger partial charge in [-0.1, -0.05) is 13.8 Å². The summed E-state index contributed by atoms with van der Waals surface area (Å²) in [5.41, 5.74) is -0.0733. The molecule has 1 aromatic rings. The van der Waals surface area contributed by atoms with Crippen LogP contribution in [0.3, 0.4) is 0 Å². The summed E-state index contributed by atoms with van der Waals surface area (Å²) in [6.45, 7) is 4.98. The molecule has 1 N–H and O–H groups in total. The van der Waals surface area contributed by atoms with Crippen molar-refractivity contribution in [3.63, 3.8) is 0 Å². The number of thioether (sulfide) groups is 1. The monoisotopic (exact) mass is 283 g/mol. The number of hydrogen-bond donors (Lipinski definition) is 1. The van der Waals surface area contributed by atoms with Crippen LogP contribution < -0.4 is 0 Å². The summed E-state index contributed by atoms with van der Waals surface area (Å²) in [6, 6.07) is 3.77. The maximum absolute atomic E-state index is 11.9. The van der Waals surface area contributed by atoms with Crippen LogP contribution in [0.4, 0.5) is 0 Å². The molecule has 1 aromatic heterocycles. The maximum Gasteiger partial charge on any atom is 0.233 e. The molecular formula is C14H21NO3S. The Bertz CT molecular complexity index is 416. The number of hydrogen-bond acceptors (Lipinski definition) is 4. The third-order valence-electron chi connectivity index (χ3n) is 3.44. The number of carbonyl (C=O) groups excluding carboxylic acids is 1. The molecule has 1 saturated heterocycles. The molecule has 1 atom stereocenters. The van der Waals surface area contributed by atoms with Gasteiger partial charge in [0.05, 0.1) is 12.0 Å². The highest BCUT2D eigenvalue weighted by Gasteiger charge is 2.34. The molecule has 0 bridgehead atoms. The normalized spacial score (nSPS) is 20.3. The molecule has 106 valence electrons. The zero-order valence-electron chi connectivity index (χ0n) is 11.5. The molecule has 1 unspecified atom stereocenters. The Morgan fingerprint density at radius 2 is 2.37 bits per heavy atom. The second kappa shape index (κ2) is 6.01. The van der Waals surface area contributed by atoms with Crippen LogP contribution >= 0.6 is 11.8 Å². The van der Waals surface area contributed by atoms with Gasteiger partial charge in [-0.2, -0.15) is 0 Å². The van der Waals surface area contributed by atoms with Gasteiger partial charge in [0.2, 0.25) is 5.91 Å². The molecule has 0 spiro atoms. The minimum atomic E-state index is -0.0733. The first-order valence-electron chi connectivity index (χ1n) is 6.59. The van der Waals surface area contributed by atoms with Crippen molar-refractivity contribution in [1.82, 2.24) is 4.90 Å². The summed E-state index contributed by atoms with van der Waals surface area (Å²) in [5.74, 6) is 1.54. The fraction of sp³-hybridized carbons (Fsp3) is 0.643. The highest BCUT2D eigenvalue weighted by molar-refractivity contribution is 8.00. The Morgan fingerprint density at radius 1 is 1.58 bits per heavy atom. The van der Waals surface area contributed by atoms with E-state index in [-0.39, 0.29) is 23.3 Å². The van der Waals surface area contributed by atoms with E-state index in [9.17, 15) is 9.90 Å². The zero-order chi connectivity index (χ0) is 13.9. The molecule has 1 amide bonds. The van der Waals surface area contributed by atoms with E-state index < -0.39 is 0 Å². The Morgan fingerprint density at radius 3 is 3.00 bits per heavy atom. The molecule has 0 aliphatic carbocycles. The van der Waals surface area contributed by atoms with Crippen LogP contribution in [0, 0.1) is 5.41 Å². The van der Waals surface area contributed by atoms with Crippen molar-refractivity contribution in [3.8, 4) is 0 Å². The maximum atomic E-state index is 11.9. The molecule has 1 fully saturated rings. The first-order chi connectivity index (χ1) is 9.03. The Hall–Kier alpha value is -0.940. The van der Waals surface area contributed by atoms with Crippen LogP contribution in [-0.2, 0) is 4.79 Å². The van der Waals surface area contributed by atoms with Gasteiger partial charge in [0.15, 0.2) is 0 Å². The first kappa shape index (κ1) is 14.5. The number of rotatable bonds is 6.